The highest BCUT2D eigenvalue weighted by molar-refractivity contribution is 5.99. The normalized spacial score (nSPS) is 20.3. The molecule has 1 aromatic carbocycles. The molecule has 2 unspecified atom stereocenters. The molecule has 180 valence electrons. The number of nitrogens with zero attached hydrogens (tertiary/aromatic N) is 1. The van der Waals surface area contributed by atoms with Crippen LogP contribution in [0.2, 0.25) is 0 Å². The summed E-state index contributed by atoms with van der Waals surface area (Å²) in [6, 6.07) is 6.49. The van der Waals surface area contributed by atoms with Crippen LogP contribution in [-0.4, -0.2) is 25.3 Å². The number of hydrogen-bond acceptors (Lipinski definition) is 3. The van der Waals surface area contributed by atoms with Crippen LogP contribution < -0.4 is 10.2 Å². The fraction of sp³-hybridized carbons (Fsp3) is 0.281. The topological polar surface area (TPSA) is 39.1 Å². The van der Waals surface area contributed by atoms with Crippen molar-refractivity contribution in [2.45, 2.75) is 38.6 Å². The van der Waals surface area contributed by atoms with E-state index in [1.807, 2.05) is 18.2 Å². The highest BCUT2D eigenvalue weighted by Crippen LogP contribution is 2.33. The predicted molar refractivity (Wildman–Crippen MR) is 153 cm³/mol. The fourth-order valence-electron chi connectivity index (χ4n) is 5.12. The summed E-state index contributed by atoms with van der Waals surface area (Å²) in [5.41, 5.74) is 9.22. The zero-order valence-electron chi connectivity index (χ0n) is 21.1. The summed E-state index contributed by atoms with van der Waals surface area (Å²) in [5.74, 6) is 0.360. The molecule has 3 aliphatic rings. The number of likely N-dealkylation sites (N-methyl/N-ethyl adjacent to an activating group) is 1. The molecule has 35 heavy (non-hydrogen) atoms. The van der Waals surface area contributed by atoms with Gasteiger partial charge in [0.1, 0.15) is 0 Å². The first-order chi connectivity index (χ1) is 17.0. The Morgan fingerprint density at radius 1 is 1.26 bits per heavy atom. The lowest BCUT2D eigenvalue weighted by atomic mass is 9.90. The Balaban J connectivity index is 1.64. The monoisotopic (exact) mass is 463 g/mol. The smallest absolute Gasteiger partial charge is 0.0718 e. The van der Waals surface area contributed by atoms with Gasteiger partial charge in [-0.15, -0.1) is 0 Å². The highest BCUT2D eigenvalue weighted by Gasteiger charge is 2.22. The molecule has 1 heterocycles. The van der Waals surface area contributed by atoms with Gasteiger partial charge in [0.25, 0.3) is 0 Å². The molecule has 2 N–H and O–H groups in total. The molecule has 3 nitrogen and oxygen atoms in total. The van der Waals surface area contributed by atoms with Crippen molar-refractivity contribution in [1.29, 1.82) is 5.41 Å². The van der Waals surface area contributed by atoms with Gasteiger partial charge in [-0.3, -0.25) is 0 Å². The van der Waals surface area contributed by atoms with Crippen LogP contribution in [0, 0.1) is 11.3 Å². The Morgan fingerprint density at radius 2 is 2.11 bits per heavy atom. The summed E-state index contributed by atoms with van der Waals surface area (Å²) < 4.78 is 0. The molecule has 3 heteroatoms. The standard InChI is InChI=1S/C32H37N3/c1-5-11-24(6-2)29-15-10-14-27(29)21-31(30(33)20-23(3)25-12-8-7-9-13-25)34-28-17-16-26-18-19-35(4)32(26)22-28/h5-12,14,16-17,20,22,25,31,33-34H,1-2,13,15,18-19,21H2,3-4H3/b23-20+,24-11+,33-30?. The van der Waals surface area contributed by atoms with Gasteiger partial charge in [-0.2, -0.15) is 0 Å². The van der Waals surface area contributed by atoms with E-state index < -0.39 is 0 Å². The van der Waals surface area contributed by atoms with Crippen LogP contribution in [0.1, 0.15) is 31.7 Å². The van der Waals surface area contributed by atoms with Crippen LogP contribution in [0.3, 0.4) is 0 Å². The second-order valence-corrected chi connectivity index (χ2v) is 9.59. The molecule has 0 spiro atoms. The first kappa shape index (κ1) is 24.5. The summed E-state index contributed by atoms with van der Waals surface area (Å²) in [7, 11) is 2.15. The van der Waals surface area contributed by atoms with E-state index in [-0.39, 0.29) is 6.04 Å². The van der Waals surface area contributed by atoms with Gasteiger partial charge in [-0.05, 0) is 73.1 Å². The van der Waals surface area contributed by atoms with E-state index >= 15 is 0 Å². The highest BCUT2D eigenvalue weighted by atomic mass is 15.1. The molecule has 2 aliphatic carbocycles. The number of nitrogens with one attached hydrogen (secondary N) is 2. The molecular weight excluding hydrogens is 426 g/mol. The van der Waals surface area contributed by atoms with Gasteiger partial charge in [-0.25, -0.2) is 0 Å². The third-order valence-electron chi connectivity index (χ3n) is 7.20. The largest absolute Gasteiger partial charge is 0.376 e. The maximum Gasteiger partial charge on any atom is 0.0718 e. The van der Waals surface area contributed by atoms with Gasteiger partial charge >= 0.3 is 0 Å². The van der Waals surface area contributed by atoms with Crippen molar-refractivity contribution in [2.75, 3.05) is 23.8 Å². The number of allylic oxidation sites excluding steroid dienone is 12. The van der Waals surface area contributed by atoms with Crippen LogP contribution in [0.4, 0.5) is 11.4 Å². The first-order valence-electron chi connectivity index (χ1n) is 12.5. The Bertz CT molecular complexity index is 1190. The van der Waals surface area contributed by atoms with E-state index in [9.17, 15) is 0 Å². The van der Waals surface area contributed by atoms with Crippen molar-refractivity contribution in [3.63, 3.8) is 0 Å². The summed E-state index contributed by atoms with van der Waals surface area (Å²) in [5, 5.41) is 12.8. The summed E-state index contributed by atoms with van der Waals surface area (Å²) in [4.78, 5) is 2.31. The molecule has 1 aromatic rings. The minimum atomic E-state index is -0.139. The van der Waals surface area contributed by atoms with Crippen molar-refractivity contribution < 1.29 is 0 Å². The van der Waals surface area contributed by atoms with Gasteiger partial charge in [0.05, 0.1) is 11.8 Å². The molecule has 0 amide bonds. The number of benzene rings is 1. The summed E-state index contributed by atoms with van der Waals surface area (Å²) in [6.07, 6.45) is 24.6. The van der Waals surface area contributed by atoms with E-state index in [0.717, 1.165) is 43.5 Å². The number of hydrogen-bond donors (Lipinski definition) is 2. The van der Waals surface area contributed by atoms with E-state index in [4.69, 9.17) is 5.41 Å². The number of anilines is 2. The second-order valence-electron chi connectivity index (χ2n) is 9.59. The van der Waals surface area contributed by atoms with Crippen molar-refractivity contribution in [3.8, 4) is 0 Å². The quantitative estimate of drug-likeness (QED) is 0.278. The second kappa shape index (κ2) is 11.2. The summed E-state index contributed by atoms with van der Waals surface area (Å²) >= 11 is 0. The third kappa shape index (κ3) is 5.74. The predicted octanol–water partition coefficient (Wildman–Crippen LogP) is 7.50. The Morgan fingerprint density at radius 3 is 2.86 bits per heavy atom. The Hall–Kier alpha value is -3.59. The first-order valence-corrected chi connectivity index (χ1v) is 12.5. The van der Waals surface area contributed by atoms with Crippen molar-refractivity contribution in [1.82, 2.24) is 0 Å². The van der Waals surface area contributed by atoms with Gasteiger partial charge in [0, 0.05) is 30.9 Å². The van der Waals surface area contributed by atoms with Crippen molar-refractivity contribution >= 4 is 17.1 Å². The zero-order valence-corrected chi connectivity index (χ0v) is 21.1. The van der Waals surface area contributed by atoms with Crippen LogP contribution in [0.5, 0.6) is 0 Å². The molecule has 0 fully saturated rings. The van der Waals surface area contributed by atoms with Gasteiger partial charge < -0.3 is 15.6 Å². The lowest BCUT2D eigenvalue weighted by Crippen LogP contribution is -2.29. The maximum atomic E-state index is 9.11. The molecule has 1 aliphatic heterocycles. The van der Waals surface area contributed by atoms with Crippen molar-refractivity contribution in [3.05, 3.63) is 120 Å². The van der Waals surface area contributed by atoms with E-state index in [1.165, 1.54) is 28.0 Å². The van der Waals surface area contributed by atoms with E-state index in [0.29, 0.717) is 11.6 Å². The van der Waals surface area contributed by atoms with Crippen LogP contribution >= 0.6 is 0 Å². The SMILES string of the molecule is C=C/C=C(\C=C)C1=C(CC(Nc2ccc3c(c2)N(C)CC3)C(=N)/C=C(\C)C2C=CC=CC2)C=CC1. The van der Waals surface area contributed by atoms with Crippen LogP contribution in [0.25, 0.3) is 0 Å². The molecule has 0 bridgehead atoms. The molecule has 2 atom stereocenters. The summed E-state index contributed by atoms with van der Waals surface area (Å²) in [6.45, 7) is 11.1. The average molecular weight is 464 g/mol. The zero-order chi connectivity index (χ0) is 24.8. The lowest BCUT2D eigenvalue weighted by molar-refractivity contribution is 0.766. The Kier molecular flexibility index (Phi) is 7.87. The molecule has 0 aromatic heterocycles. The minimum Gasteiger partial charge on any atom is -0.376 e. The lowest BCUT2D eigenvalue weighted by Gasteiger charge is -2.23. The van der Waals surface area contributed by atoms with Gasteiger partial charge in [0.2, 0.25) is 0 Å². The van der Waals surface area contributed by atoms with E-state index in [1.54, 1.807) is 0 Å². The molecular formula is C32H37N3. The molecule has 0 radical (unpaired) electrons. The number of fused-ring (bicyclic) bond motifs is 1. The average Bonchev–Trinajstić information content (AvgIpc) is 3.49. The maximum absolute atomic E-state index is 9.11. The van der Waals surface area contributed by atoms with Crippen LogP contribution in [-0.2, 0) is 6.42 Å². The molecule has 0 saturated heterocycles. The minimum absolute atomic E-state index is 0.139. The van der Waals surface area contributed by atoms with Crippen molar-refractivity contribution in [2.24, 2.45) is 5.92 Å². The molecule has 4 rings (SSSR count). The molecule has 0 saturated carbocycles. The third-order valence-corrected chi connectivity index (χ3v) is 7.20. The van der Waals surface area contributed by atoms with Gasteiger partial charge in [-0.1, -0.05) is 79.5 Å². The number of rotatable bonds is 10. The van der Waals surface area contributed by atoms with Crippen LogP contribution in [0.15, 0.2) is 114 Å². The fourth-order valence-corrected chi connectivity index (χ4v) is 5.12. The van der Waals surface area contributed by atoms with E-state index in [2.05, 4.69) is 98.1 Å². The Labute approximate surface area is 210 Å². The van der Waals surface area contributed by atoms with Gasteiger partial charge in [0.15, 0.2) is 0 Å².